The normalized spacial score (nSPS) is 20.5. The van der Waals surface area contributed by atoms with Crippen molar-refractivity contribution in [1.29, 1.82) is 0 Å². The summed E-state index contributed by atoms with van der Waals surface area (Å²) in [4.78, 5) is 15.0. The number of piperazine rings is 1. The number of halogens is 2. The van der Waals surface area contributed by atoms with Gasteiger partial charge in [-0.05, 0) is 54.8 Å². The molecule has 2 atom stereocenters. The van der Waals surface area contributed by atoms with Crippen LogP contribution < -0.4 is 10.6 Å². The molecule has 0 radical (unpaired) electrons. The van der Waals surface area contributed by atoms with Gasteiger partial charge in [-0.2, -0.15) is 5.10 Å². The van der Waals surface area contributed by atoms with Crippen molar-refractivity contribution in [2.45, 2.75) is 38.8 Å². The van der Waals surface area contributed by atoms with Gasteiger partial charge in [-0.15, -0.1) is 0 Å². The summed E-state index contributed by atoms with van der Waals surface area (Å²) in [6, 6.07) is 8.51. The highest BCUT2D eigenvalue weighted by molar-refractivity contribution is 5.85. The van der Waals surface area contributed by atoms with Crippen molar-refractivity contribution in [2.24, 2.45) is 5.92 Å². The van der Waals surface area contributed by atoms with E-state index in [4.69, 9.17) is 4.98 Å². The second-order valence-electron chi connectivity index (χ2n) is 9.94. The number of alkyl halides is 2. The topological polar surface area (TPSA) is 86.7 Å². The van der Waals surface area contributed by atoms with Gasteiger partial charge in [-0.1, -0.05) is 0 Å². The lowest BCUT2D eigenvalue weighted by Gasteiger charge is -2.33. The second kappa shape index (κ2) is 8.94. The number of nitrogens with zero attached hydrogens (tertiary/aromatic N) is 5. The van der Waals surface area contributed by atoms with Crippen LogP contribution >= 0.6 is 0 Å². The summed E-state index contributed by atoms with van der Waals surface area (Å²) in [6.07, 6.45) is 5.35. The summed E-state index contributed by atoms with van der Waals surface area (Å²) in [6.45, 7) is 8.58. The van der Waals surface area contributed by atoms with E-state index in [1.54, 1.807) is 10.9 Å². The van der Waals surface area contributed by atoms with Crippen LogP contribution in [-0.4, -0.2) is 61.7 Å². The molecule has 3 aromatic heterocycles. The Morgan fingerprint density at radius 2 is 2.03 bits per heavy atom. The molecule has 1 aliphatic carbocycles. The minimum absolute atomic E-state index is 0.0529. The number of nitrogens with one attached hydrogen (secondary N) is 3. The molecule has 1 saturated heterocycles. The molecular formula is C26H30F2N8. The van der Waals surface area contributed by atoms with Gasteiger partial charge >= 0.3 is 0 Å². The average Bonchev–Trinajstić information content (AvgIpc) is 3.20. The van der Waals surface area contributed by atoms with Gasteiger partial charge in [0.1, 0.15) is 5.82 Å². The van der Waals surface area contributed by atoms with Crippen LogP contribution in [0.25, 0.3) is 22.2 Å². The number of anilines is 2. The maximum Gasteiger partial charge on any atom is 0.253 e. The van der Waals surface area contributed by atoms with Crippen molar-refractivity contribution in [1.82, 2.24) is 34.9 Å². The van der Waals surface area contributed by atoms with E-state index in [1.807, 2.05) is 31.5 Å². The number of aromatic amines is 1. The molecule has 2 unspecified atom stereocenters. The molecular weight excluding hydrogens is 462 g/mol. The molecule has 4 aromatic rings. The molecule has 1 aromatic carbocycles. The molecule has 2 aliphatic rings. The Kier molecular flexibility index (Phi) is 5.72. The molecule has 1 aliphatic heterocycles. The second-order valence-corrected chi connectivity index (χ2v) is 9.94. The van der Waals surface area contributed by atoms with Crippen molar-refractivity contribution in [3.05, 3.63) is 54.0 Å². The lowest BCUT2D eigenvalue weighted by molar-refractivity contribution is 0.0942. The van der Waals surface area contributed by atoms with Gasteiger partial charge in [0, 0.05) is 69.1 Å². The fourth-order valence-corrected chi connectivity index (χ4v) is 5.01. The van der Waals surface area contributed by atoms with Crippen LogP contribution in [0.4, 0.5) is 20.5 Å². The fraction of sp³-hybridized carbons (Fsp3) is 0.423. The molecule has 0 bridgehead atoms. The van der Waals surface area contributed by atoms with Crippen LogP contribution in [0.15, 0.2) is 42.9 Å². The van der Waals surface area contributed by atoms with E-state index in [9.17, 15) is 8.78 Å². The van der Waals surface area contributed by atoms with Crippen LogP contribution in [0.5, 0.6) is 0 Å². The first-order valence-corrected chi connectivity index (χ1v) is 12.4. The summed E-state index contributed by atoms with van der Waals surface area (Å²) in [7, 11) is 0. The molecule has 6 rings (SSSR count). The number of benzene rings is 1. The lowest BCUT2D eigenvalue weighted by Crippen LogP contribution is -2.44. The monoisotopic (exact) mass is 492 g/mol. The minimum Gasteiger partial charge on any atom is -0.324 e. The summed E-state index contributed by atoms with van der Waals surface area (Å²) in [5.41, 5.74) is 5.87. The standard InChI is InChI=1S/C26H30F2N8/c1-16-9-22-23(11-21(16)19-13-31-36(14-19)15-20-12-26(20,27)28)33-25(32-22)34-24-10-18(3-4-30-24)17(2)35-7-5-29-6-8-35/h3-4,9-11,13-14,17,20,29H,5-8,12,15H2,1-2H3,(H2,30,32,33,34). The summed E-state index contributed by atoms with van der Waals surface area (Å²) in [5, 5.41) is 11.0. The highest BCUT2D eigenvalue weighted by Crippen LogP contribution is 2.49. The molecule has 2 fully saturated rings. The summed E-state index contributed by atoms with van der Waals surface area (Å²) >= 11 is 0. The van der Waals surface area contributed by atoms with Crippen LogP contribution in [0.2, 0.25) is 0 Å². The Balaban J connectivity index is 1.20. The number of hydrogen-bond donors (Lipinski definition) is 3. The van der Waals surface area contributed by atoms with E-state index < -0.39 is 11.8 Å². The molecule has 4 heterocycles. The van der Waals surface area contributed by atoms with Gasteiger partial charge in [0.15, 0.2) is 0 Å². The smallest absolute Gasteiger partial charge is 0.253 e. The third kappa shape index (κ3) is 4.58. The Hall–Kier alpha value is -3.37. The van der Waals surface area contributed by atoms with Crippen molar-refractivity contribution >= 4 is 22.8 Å². The van der Waals surface area contributed by atoms with Crippen LogP contribution in [-0.2, 0) is 6.54 Å². The number of pyridine rings is 1. The van der Waals surface area contributed by atoms with E-state index >= 15 is 0 Å². The van der Waals surface area contributed by atoms with E-state index in [2.05, 4.69) is 49.7 Å². The van der Waals surface area contributed by atoms with Crippen molar-refractivity contribution in [3.63, 3.8) is 0 Å². The van der Waals surface area contributed by atoms with Gasteiger partial charge in [0.25, 0.3) is 5.92 Å². The predicted octanol–water partition coefficient (Wildman–Crippen LogP) is 4.49. The molecule has 1 saturated carbocycles. The first-order chi connectivity index (χ1) is 17.4. The minimum atomic E-state index is -2.54. The van der Waals surface area contributed by atoms with E-state index in [0.717, 1.165) is 59.7 Å². The Bertz CT molecular complexity index is 1390. The Morgan fingerprint density at radius 3 is 2.81 bits per heavy atom. The Labute approximate surface area is 208 Å². The first kappa shape index (κ1) is 23.1. The van der Waals surface area contributed by atoms with Crippen LogP contribution in [0, 0.1) is 12.8 Å². The zero-order valence-corrected chi connectivity index (χ0v) is 20.4. The Morgan fingerprint density at radius 1 is 1.22 bits per heavy atom. The third-order valence-corrected chi connectivity index (χ3v) is 7.35. The van der Waals surface area contributed by atoms with Gasteiger partial charge in [0.2, 0.25) is 5.95 Å². The van der Waals surface area contributed by atoms with Crippen molar-refractivity contribution in [3.8, 4) is 11.1 Å². The first-order valence-electron chi connectivity index (χ1n) is 12.4. The lowest BCUT2D eigenvalue weighted by atomic mass is 10.0. The fourth-order valence-electron chi connectivity index (χ4n) is 5.01. The quantitative estimate of drug-likeness (QED) is 0.352. The largest absolute Gasteiger partial charge is 0.324 e. The van der Waals surface area contributed by atoms with E-state index in [-0.39, 0.29) is 13.0 Å². The highest BCUT2D eigenvalue weighted by atomic mass is 19.3. The van der Waals surface area contributed by atoms with Gasteiger partial charge in [-0.3, -0.25) is 9.58 Å². The SMILES string of the molecule is Cc1cc2[nH]c(Nc3cc(C(C)N4CCNCC4)ccn3)nc2cc1-c1cnn(CC2CC2(F)F)c1. The number of fused-ring (bicyclic) bond motifs is 1. The molecule has 3 N–H and O–H groups in total. The maximum atomic E-state index is 13.3. The van der Waals surface area contributed by atoms with Crippen molar-refractivity contribution < 1.29 is 8.78 Å². The molecule has 36 heavy (non-hydrogen) atoms. The summed E-state index contributed by atoms with van der Waals surface area (Å²) < 4.78 is 28.2. The number of imidazole rings is 1. The zero-order valence-electron chi connectivity index (χ0n) is 20.4. The zero-order chi connectivity index (χ0) is 24.9. The van der Waals surface area contributed by atoms with Gasteiger partial charge < -0.3 is 15.6 Å². The average molecular weight is 493 g/mol. The number of aryl methyl sites for hydroxylation is 1. The van der Waals surface area contributed by atoms with Crippen LogP contribution in [0.3, 0.4) is 0 Å². The molecule has 8 nitrogen and oxygen atoms in total. The van der Waals surface area contributed by atoms with E-state index in [1.165, 1.54) is 5.56 Å². The van der Waals surface area contributed by atoms with E-state index in [0.29, 0.717) is 12.0 Å². The molecule has 10 heteroatoms. The number of hydrogen-bond acceptors (Lipinski definition) is 6. The molecule has 0 amide bonds. The number of rotatable bonds is 7. The van der Waals surface area contributed by atoms with Gasteiger partial charge in [0.05, 0.1) is 17.2 Å². The summed E-state index contributed by atoms with van der Waals surface area (Å²) in [5.74, 6) is -1.80. The number of aromatic nitrogens is 5. The maximum absolute atomic E-state index is 13.3. The molecule has 188 valence electrons. The predicted molar refractivity (Wildman–Crippen MR) is 135 cm³/mol. The van der Waals surface area contributed by atoms with Gasteiger partial charge in [-0.25, -0.2) is 18.7 Å². The van der Waals surface area contributed by atoms with Crippen molar-refractivity contribution in [2.75, 3.05) is 31.5 Å². The molecule has 0 spiro atoms. The third-order valence-electron chi connectivity index (χ3n) is 7.35. The van der Waals surface area contributed by atoms with Crippen LogP contribution in [0.1, 0.15) is 30.5 Å². The number of H-pyrrole nitrogens is 1. The highest BCUT2D eigenvalue weighted by Gasteiger charge is 2.56.